The summed E-state index contributed by atoms with van der Waals surface area (Å²) in [5.41, 5.74) is 1.47. The summed E-state index contributed by atoms with van der Waals surface area (Å²) in [6.45, 7) is 1.68. The van der Waals surface area contributed by atoms with Crippen LogP contribution in [0.2, 0.25) is 0 Å². The Morgan fingerprint density at radius 3 is 2.34 bits per heavy atom. The number of rotatable bonds is 2. The van der Waals surface area contributed by atoms with Gasteiger partial charge in [0.2, 0.25) is 5.78 Å². The second kappa shape index (κ2) is 6.89. The van der Waals surface area contributed by atoms with E-state index in [4.69, 9.17) is 5.73 Å². The number of nitrogens with two attached hydrogens (primary N) is 1. The molecule has 7 N–H and O–H groups in total. The van der Waals surface area contributed by atoms with Crippen molar-refractivity contribution in [2.45, 2.75) is 30.6 Å². The summed E-state index contributed by atoms with van der Waals surface area (Å²) >= 11 is 0. The third kappa shape index (κ3) is 2.48. The molecule has 3 aliphatic carbocycles. The number of benzene rings is 1. The number of primary amides is 1. The third-order valence-electron chi connectivity index (χ3n) is 6.99. The van der Waals surface area contributed by atoms with Gasteiger partial charge in [-0.1, -0.05) is 19.1 Å². The second-order valence-corrected chi connectivity index (χ2v) is 8.79. The Labute approximate surface area is 182 Å². The van der Waals surface area contributed by atoms with Crippen molar-refractivity contribution in [2.75, 3.05) is 14.1 Å². The number of phenolic OH excluding ortho intramolecular Hbond substituents is 1. The molecule has 4 rings (SSSR count). The minimum absolute atomic E-state index is 0.0245. The standard InChI is InChI=1S/C22H24N2O8/c1-7-8-5-4-6-9(25)11(8)16(26)12-10(7)17(27)14-15(24(2)3)18(28)13(21(23)31)20(30)22(14,32)19(12)29/h4-7,10,14-15,17,25-27,30,32H,1-3H3,(H2,23,31)/t7?,10-,14-,15+,17?,22+/m1/s1. The number of carbonyl (C=O) groups excluding carboxylic acids is 3. The topological polar surface area (TPSA) is 182 Å². The zero-order valence-corrected chi connectivity index (χ0v) is 17.6. The molecule has 1 aromatic rings. The normalized spacial score (nSPS) is 34.4. The molecule has 0 bridgehead atoms. The van der Waals surface area contributed by atoms with E-state index < -0.39 is 75.6 Å². The van der Waals surface area contributed by atoms with Crippen LogP contribution >= 0.6 is 0 Å². The lowest BCUT2D eigenvalue weighted by Crippen LogP contribution is -2.70. The lowest BCUT2D eigenvalue weighted by Gasteiger charge is -2.53. The number of ketones is 2. The first-order chi connectivity index (χ1) is 14.9. The van der Waals surface area contributed by atoms with Gasteiger partial charge in [0, 0.05) is 11.5 Å². The highest BCUT2D eigenvalue weighted by atomic mass is 16.4. The van der Waals surface area contributed by atoms with Gasteiger partial charge in [0.15, 0.2) is 11.4 Å². The first kappa shape index (κ1) is 22.0. The molecule has 0 radical (unpaired) electrons. The van der Waals surface area contributed by atoms with Gasteiger partial charge in [0.25, 0.3) is 5.91 Å². The Kier molecular flexibility index (Phi) is 4.74. The van der Waals surface area contributed by atoms with Gasteiger partial charge in [0.1, 0.15) is 22.8 Å². The number of phenols is 1. The van der Waals surface area contributed by atoms with Gasteiger partial charge in [0.05, 0.1) is 23.6 Å². The van der Waals surface area contributed by atoms with Crippen LogP contribution in [-0.4, -0.2) is 79.7 Å². The summed E-state index contributed by atoms with van der Waals surface area (Å²) in [6, 6.07) is 3.13. The molecule has 0 aromatic heterocycles. The maximum absolute atomic E-state index is 13.7. The van der Waals surface area contributed by atoms with E-state index in [0.29, 0.717) is 5.56 Å². The van der Waals surface area contributed by atoms with E-state index in [2.05, 4.69) is 0 Å². The number of nitrogens with zero attached hydrogens (tertiary/aromatic N) is 1. The minimum Gasteiger partial charge on any atom is -0.508 e. The summed E-state index contributed by atoms with van der Waals surface area (Å²) in [5, 5.41) is 54.9. The van der Waals surface area contributed by atoms with Crippen molar-refractivity contribution in [3.05, 3.63) is 46.2 Å². The molecule has 3 aliphatic rings. The molecule has 0 saturated heterocycles. The van der Waals surface area contributed by atoms with Crippen LogP contribution in [0.4, 0.5) is 0 Å². The van der Waals surface area contributed by atoms with Gasteiger partial charge in [-0.2, -0.15) is 0 Å². The molecule has 32 heavy (non-hydrogen) atoms. The highest BCUT2D eigenvalue weighted by Gasteiger charge is 2.68. The lowest BCUT2D eigenvalue weighted by molar-refractivity contribution is -0.169. The summed E-state index contributed by atoms with van der Waals surface area (Å²) in [4.78, 5) is 40.0. The van der Waals surface area contributed by atoms with Crippen LogP contribution in [0.3, 0.4) is 0 Å². The van der Waals surface area contributed by atoms with Gasteiger partial charge >= 0.3 is 0 Å². The molecule has 0 aliphatic heterocycles. The number of aliphatic hydroxyl groups excluding tert-OH is 3. The van der Waals surface area contributed by atoms with Crippen molar-refractivity contribution in [3.63, 3.8) is 0 Å². The number of hydrogen-bond acceptors (Lipinski definition) is 9. The molecular weight excluding hydrogens is 420 g/mol. The summed E-state index contributed by atoms with van der Waals surface area (Å²) < 4.78 is 0. The number of Topliss-reactive ketones (excluding diaryl/α,β-unsaturated/α-hetero) is 2. The first-order valence-corrected chi connectivity index (χ1v) is 10.0. The minimum atomic E-state index is -2.89. The Morgan fingerprint density at radius 2 is 1.78 bits per heavy atom. The number of carbonyl (C=O) groups is 3. The molecule has 6 atom stereocenters. The molecule has 10 heteroatoms. The van der Waals surface area contributed by atoms with Crippen molar-refractivity contribution < 1.29 is 39.9 Å². The Balaban J connectivity index is 2.07. The van der Waals surface area contributed by atoms with Gasteiger partial charge in [-0.15, -0.1) is 0 Å². The number of amides is 1. The highest BCUT2D eigenvalue weighted by Crippen LogP contribution is 2.55. The molecule has 0 spiro atoms. The predicted molar refractivity (Wildman–Crippen MR) is 110 cm³/mol. The predicted octanol–water partition coefficient (Wildman–Crippen LogP) is -0.504. The second-order valence-electron chi connectivity index (χ2n) is 8.79. The fourth-order valence-corrected chi connectivity index (χ4v) is 5.58. The van der Waals surface area contributed by atoms with E-state index in [0.717, 1.165) is 0 Å². The monoisotopic (exact) mass is 444 g/mol. The summed E-state index contributed by atoms with van der Waals surface area (Å²) in [7, 11) is 2.92. The van der Waals surface area contributed by atoms with Gasteiger partial charge < -0.3 is 31.3 Å². The average molecular weight is 444 g/mol. The molecule has 10 nitrogen and oxygen atoms in total. The van der Waals surface area contributed by atoms with E-state index in [1.165, 1.54) is 25.1 Å². The maximum atomic E-state index is 13.7. The quantitative estimate of drug-likeness (QED) is 0.327. The van der Waals surface area contributed by atoms with Gasteiger partial charge in [-0.3, -0.25) is 19.3 Å². The van der Waals surface area contributed by atoms with Crippen LogP contribution in [0.5, 0.6) is 5.75 Å². The van der Waals surface area contributed by atoms with Gasteiger partial charge in [-0.05, 0) is 31.6 Å². The number of aromatic hydroxyl groups is 1. The number of likely N-dealkylation sites (N-methyl/N-ethyl adjacent to an activating group) is 1. The van der Waals surface area contributed by atoms with Gasteiger partial charge in [-0.25, -0.2) is 0 Å². The lowest BCUT2D eigenvalue weighted by atomic mass is 9.54. The van der Waals surface area contributed by atoms with Crippen molar-refractivity contribution >= 4 is 23.2 Å². The molecule has 1 fully saturated rings. The molecular formula is C22H24N2O8. The molecule has 0 heterocycles. The zero-order chi connectivity index (χ0) is 23.9. The molecule has 1 amide bonds. The van der Waals surface area contributed by atoms with E-state index in [9.17, 15) is 39.9 Å². The van der Waals surface area contributed by atoms with Crippen molar-refractivity contribution in [3.8, 4) is 5.75 Å². The van der Waals surface area contributed by atoms with Crippen LogP contribution in [0.25, 0.3) is 5.76 Å². The Hall–Kier alpha value is -3.21. The zero-order valence-electron chi connectivity index (χ0n) is 17.6. The van der Waals surface area contributed by atoms with E-state index in [1.54, 1.807) is 19.1 Å². The fourth-order valence-electron chi connectivity index (χ4n) is 5.58. The van der Waals surface area contributed by atoms with E-state index >= 15 is 0 Å². The van der Waals surface area contributed by atoms with Crippen LogP contribution in [0.1, 0.15) is 24.0 Å². The SMILES string of the molecule is CC1c2cccc(O)c2C(O)=C2C(=O)[C@]3(O)C(O)=C(C(N)=O)C(=O)[C@@H](N(C)C)[C@@H]3C(O)[C@@H]21. The largest absolute Gasteiger partial charge is 0.508 e. The van der Waals surface area contributed by atoms with E-state index in [1.807, 2.05) is 0 Å². The average Bonchev–Trinajstić information content (AvgIpc) is 2.70. The number of fused-ring (bicyclic) bond motifs is 3. The van der Waals surface area contributed by atoms with Crippen molar-refractivity contribution in [1.29, 1.82) is 0 Å². The van der Waals surface area contributed by atoms with Crippen molar-refractivity contribution in [2.24, 2.45) is 17.6 Å². The highest BCUT2D eigenvalue weighted by molar-refractivity contribution is 6.24. The molecule has 1 saturated carbocycles. The van der Waals surface area contributed by atoms with Crippen LogP contribution in [-0.2, 0) is 14.4 Å². The third-order valence-corrected chi connectivity index (χ3v) is 6.99. The summed E-state index contributed by atoms with van der Waals surface area (Å²) in [5.74, 6) is -8.87. The molecule has 2 unspecified atom stereocenters. The smallest absolute Gasteiger partial charge is 0.255 e. The fraction of sp³-hybridized carbons (Fsp3) is 0.409. The Morgan fingerprint density at radius 1 is 1.16 bits per heavy atom. The number of hydrogen-bond donors (Lipinski definition) is 6. The van der Waals surface area contributed by atoms with E-state index in [-0.39, 0.29) is 11.3 Å². The first-order valence-electron chi connectivity index (χ1n) is 10.0. The van der Waals surface area contributed by atoms with Crippen LogP contribution in [0, 0.1) is 11.8 Å². The van der Waals surface area contributed by atoms with Crippen LogP contribution in [0.15, 0.2) is 35.1 Å². The van der Waals surface area contributed by atoms with Crippen molar-refractivity contribution in [1.82, 2.24) is 4.90 Å². The molecule has 170 valence electrons. The van der Waals surface area contributed by atoms with Crippen LogP contribution < -0.4 is 5.73 Å². The Bertz CT molecular complexity index is 1140. The summed E-state index contributed by atoms with van der Waals surface area (Å²) in [6.07, 6.45) is -1.59. The maximum Gasteiger partial charge on any atom is 0.255 e. The number of aliphatic hydroxyl groups is 4. The molecule has 1 aromatic carbocycles.